The van der Waals surface area contributed by atoms with Crippen LogP contribution in [0.1, 0.15) is 35.2 Å². The molecule has 1 N–H and O–H groups in total. The second-order valence-electron chi connectivity index (χ2n) is 7.49. The van der Waals surface area contributed by atoms with Crippen LogP contribution in [0.2, 0.25) is 0 Å². The van der Waals surface area contributed by atoms with Gasteiger partial charge in [0.2, 0.25) is 0 Å². The maximum absolute atomic E-state index is 6.31. The van der Waals surface area contributed by atoms with E-state index in [0.717, 1.165) is 12.3 Å². The van der Waals surface area contributed by atoms with Gasteiger partial charge in [0.25, 0.3) is 0 Å². The van der Waals surface area contributed by atoms with E-state index in [-0.39, 0.29) is 6.04 Å². The van der Waals surface area contributed by atoms with Gasteiger partial charge in [0.1, 0.15) is 12.4 Å². The Kier molecular flexibility index (Phi) is 5.92. The van der Waals surface area contributed by atoms with Crippen molar-refractivity contribution in [2.24, 2.45) is 0 Å². The summed E-state index contributed by atoms with van der Waals surface area (Å²) in [6.07, 6.45) is 0. The third-order valence-corrected chi connectivity index (χ3v) is 5.53. The van der Waals surface area contributed by atoms with Crippen molar-refractivity contribution in [3.8, 4) is 5.75 Å². The Bertz CT molecular complexity index is 1090. The molecule has 0 saturated heterocycles. The zero-order valence-corrected chi connectivity index (χ0v) is 17.1. The Balaban J connectivity index is 1.59. The highest BCUT2D eigenvalue weighted by atomic mass is 16.5. The van der Waals surface area contributed by atoms with Gasteiger partial charge in [-0.3, -0.25) is 0 Å². The van der Waals surface area contributed by atoms with Gasteiger partial charge in [-0.25, -0.2) is 0 Å². The number of hydrogen-bond donors (Lipinski definition) is 1. The van der Waals surface area contributed by atoms with Crippen molar-refractivity contribution in [2.45, 2.75) is 33.0 Å². The largest absolute Gasteiger partial charge is 0.489 e. The van der Waals surface area contributed by atoms with Crippen LogP contribution in [0.5, 0.6) is 5.75 Å². The van der Waals surface area contributed by atoms with Crippen molar-refractivity contribution >= 4 is 10.8 Å². The Labute approximate surface area is 173 Å². The van der Waals surface area contributed by atoms with Crippen molar-refractivity contribution in [3.05, 3.63) is 113 Å². The van der Waals surface area contributed by atoms with Crippen LogP contribution in [0.15, 0.2) is 91.0 Å². The SMILES string of the molecule is Cc1ccccc1COc1ccc2ccccc2c1CN[C@H](C)c1ccccc1. The minimum atomic E-state index is 0.263. The fraction of sp³-hybridized carbons (Fsp3) is 0.185. The van der Waals surface area contributed by atoms with Crippen LogP contribution in [0.3, 0.4) is 0 Å². The monoisotopic (exact) mass is 381 g/mol. The molecule has 29 heavy (non-hydrogen) atoms. The van der Waals surface area contributed by atoms with Gasteiger partial charge in [0.05, 0.1) is 0 Å². The minimum Gasteiger partial charge on any atom is -0.489 e. The molecule has 0 fully saturated rings. The van der Waals surface area contributed by atoms with E-state index >= 15 is 0 Å². The van der Waals surface area contributed by atoms with Crippen molar-refractivity contribution in [3.63, 3.8) is 0 Å². The smallest absolute Gasteiger partial charge is 0.124 e. The standard InChI is InChI=1S/C27H27NO/c1-20-10-6-7-14-24(20)19-29-27-17-16-23-13-8-9-15-25(23)26(27)18-28-21(2)22-11-4-3-5-12-22/h3-17,21,28H,18-19H2,1-2H3/t21-/m1/s1. The Morgan fingerprint density at radius 3 is 2.34 bits per heavy atom. The van der Waals surface area contributed by atoms with E-state index < -0.39 is 0 Å². The molecule has 2 heteroatoms. The molecule has 0 aliphatic rings. The Hall–Kier alpha value is -3.10. The second kappa shape index (κ2) is 8.93. The number of hydrogen-bond acceptors (Lipinski definition) is 2. The summed E-state index contributed by atoms with van der Waals surface area (Å²) in [4.78, 5) is 0. The molecule has 0 unspecified atom stereocenters. The molecule has 2 nitrogen and oxygen atoms in total. The van der Waals surface area contributed by atoms with Crippen LogP contribution in [0.4, 0.5) is 0 Å². The number of ether oxygens (including phenoxy) is 1. The lowest BCUT2D eigenvalue weighted by Gasteiger charge is -2.19. The molecule has 0 aliphatic heterocycles. The van der Waals surface area contributed by atoms with Crippen molar-refractivity contribution in [2.75, 3.05) is 0 Å². The van der Waals surface area contributed by atoms with E-state index in [2.05, 4.69) is 110 Å². The first kappa shape index (κ1) is 19.2. The third-order valence-electron chi connectivity index (χ3n) is 5.53. The zero-order chi connectivity index (χ0) is 20.1. The number of rotatable bonds is 7. The highest BCUT2D eigenvalue weighted by Crippen LogP contribution is 2.29. The molecule has 0 aromatic heterocycles. The van der Waals surface area contributed by atoms with Crippen LogP contribution < -0.4 is 10.1 Å². The molecule has 1 atom stereocenters. The van der Waals surface area contributed by atoms with Crippen molar-refractivity contribution in [1.29, 1.82) is 0 Å². The molecular weight excluding hydrogens is 354 g/mol. The molecule has 0 bridgehead atoms. The first-order valence-corrected chi connectivity index (χ1v) is 10.2. The third kappa shape index (κ3) is 4.49. The number of fused-ring (bicyclic) bond motifs is 1. The number of benzene rings is 4. The van der Waals surface area contributed by atoms with Gasteiger partial charge in [-0.1, -0.05) is 84.9 Å². The summed E-state index contributed by atoms with van der Waals surface area (Å²) in [5, 5.41) is 6.15. The predicted octanol–water partition coefficient (Wildman–Crippen LogP) is 6.58. The van der Waals surface area contributed by atoms with E-state index in [1.807, 2.05) is 0 Å². The topological polar surface area (TPSA) is 21.3 Å². The maximum atomic E-state index is 6.31. The molecule has 0 spiro atoms. The fourth-order valence-corrected chi connectivity index (χ4v) is 3.68. The minimum absolute atomic E-state index is 0.263. The van der Waals surface area contributed by atoms with Gasteiger partial charge in [-0.05, 0) is 47.4 Å². The fourth-order valence-electron chi connectivity index (χ4n) is 3.68. The first-order valence-electron chi connectivity index (χ1n) is 10.2. The van der Waals surface area contributed by atoms with Crippen LogP contribution >= 0.6 is 0 Å². The molecule has 4 rings (SSSR count). The van der Waals surface area contributed by atoms with E-state index in [4.69, 9.17) is 4.74 Å². The lowest BCUT2D eigenvalue weighted by Crippen LogP contribution is -2.18. The van der Waals surface area contributed by atoms with Crippen molar-refractivity contribution in [1.82, 2.24) is 5.32 Å². The second-order valence-corrected chi connectivity index (χ2v) is 7.49. The van der Waals surface area contributed by atoms with Crippen LogP contribution in [-0.2, 0) is 13.2 Å². The summed E-state index contributed by atoms with van der Waals surface area (Å²) in [6.45, 7) is 5.66. The van der Waals surface area contributed by atoms with Crippen LogP contribution in [-0.4, -0.2) is 0 Å². The number of nitrogens with one attached hydrogen (secondary N) is 1. The molecule has 4 aromatic carbocycles. The molecule has 0 heterocycles. The van der Waals surface area contributed by atoms with E-state index in [9.17, 15) is 0 Å². The highest BCUT2D eigenvalue weighted by Gasteiger charge is 2.12. The average Bonchev–Trinajstić information content (AvgIpc) is 2.77. The molecule has 0 aliphatic carbocycles. The number of aryl methyl sites for hydroxylation is 1. The summed E-state index contributed by atoms with van der Waals surface area (Å²) in [5.41, 5.74) is 4.97. The van der Waals surface area contributed by atoms with Gasteiger partial charge < -0.3 is 10.1 Å². The van der Waals surface area contributed by atoms with Gasteiger partial charge in [0.15, 0.2) is 0 Å². The molecule has 146 valence electrons. The highest BCUT2D eigenvalue weighted by molar-refractivity contribution is 5.87. The van der Waals surface area contributed by atoms with Crippen LogP contribution in [0.25, 0.3) is 10.8 Å². The van der Waals surface area contributed by atoms with E-state index in [1.165, 1.54) is 33.0 Å². The lowest BCUT2D eigenvalue weighted by molar-refractivity contribution is 0.301. The summed E-state index contributed by atoms with van der Waals surface area (Å²) in [5.74, 6) is 0.944. The lowest BCUT2D eigenvalue weighted by atomic mass is 10.0. The summed E-state index contributed by atoms with van der Waals surface area (Å²) < 4.78 is 6.31. The Morgan fingerprint density at radius 1 is 0.793 bits per heavy atom. The normalized spacial score (nSPS) is 12.1. The maximum Gasteiger partial charge on any atom is 0.124 e. The van der Waals surface area contributed by atoms with Gasteiger partial charge >= 0.3 is 0 Å². The quantitative estimate of drug-likeness (QED) is 0.390. The molecule has 0 amide bonds. The molecule has 0 saturated carbocycles. The van der Waals surface area contributed by atoms with E-state index in [0.29, 0.717) is 6.61 Å². The van der Waals surface area contributed by atoms with Crippen LogP contribution in [0, 0.1) is 6.92 Å². The van der Waals surface area contributed by atoms with E-state index in [1.54, 1.807) is 0 Å². The zero-order valence-electron chi connectivity index (χ0n) is 17.1. The Morgan fingerprint density at radius 2 is 1.52 bits per heavy atom. The summed E-state index contributed by atoms with van der Waals surface area (Å²) >= 11 is 0. The van der Waals surface area contributed by atoms with Gasteiger partial charge in [0, 0.05) is 18.2 Å². The predicted molar refractivity (Wildman–Crippen MR) is 121 cm³/mol. The molecule has 4 aromatic rings. The van der Waals surface area contributed by atoms with Crippen molar-refractivity contribution < 1.29 is 4.74 Å². The molecule has 0 radical (unpaired) electrons. The summed E-state index contributed by atoms with van der Waals surface area (Å²) in [7, 11) is 0. The van der Waals surface area contributed by atoms with Gasteiger partial charge in [-0.2, -0.15) is 0 Å². The molecular formula is C27H27NO. The van der Waals surface area contributed by atoms with Gasteiger partial charge in [-0.15, -0.1) is 0 Å². The summed E-state index contributed by atoms with van der Waals surface area (Å²) in [6, 6.07) is 32.0. The first-order chi connectivity index (χ1) is 14.2. The average molecular weight is 382 g/mol.